The minimum absolute atomic E-state index is 0.164. The van der Waals surface area contributed by atoms with Gasteiger partial charge in [0.15, 0.2) is 0 Å². The fourth-order valence-corrected chi connectivity index (χ4v) is 2.64. The van der Waals surface area contributed by atoms with Crippen LogP contribution in [0.25, 0.3) is 0 Å². The first-order valence-corrected chi connectivity index (χ1v) is 5.95. The van der Waals surface area contributed by atoms with E-state index >= 15 is 0 Å². The number of halogens is 2. The quantitative estimate of drug-likeness (QED) is 0.682. The summed E-state index contributed by atoms with van der Waals surface area (Å²) in [5.41, 5.74) is 0.688. The standard InChI is InChI=1S/C13H17BF2O/c1-7(2)10-9(15)6-8-11(12(10)16)14(5)17-13(8,3)4/h6-7H,1-5H3. The Hall–Kier alpha value is -0.895. The van der Waals surface area contributed by atoms with E-state index in [1.165, 1.54) is 6.07 Å². The van der Waals surface area contributed by atoms with Gasteiger partial charge in [0.25, 0.3) is 0 Å². The summed E-state index contributed by atoms with van der Waals surface area (Å²) in [6.45, 7) is 8.74. The Labute approximate surface area is 101 Å². The number of rotatable bonds is 1. The van der Waals surface area contributed by atoms with E-state index in [1.807, 2.05) is 13.8 Å². The van der Waals surface area contributed by atoms with Gasteiger partial charge in [-0.15, -0.1) is 0 Å². The molecule has 1 heterocycles. The largest absolute Gasteiger partial charge is 0.422 e. The fraction of sp³-hybridized carbons (Fsp3) is 0.538. The van der Waals surface area contributed by atoms with Gasteiger partial charge in [-0.1, -0.05) is 20.7 Å². The molecule has 0 radical (unpaired) electrons. The van der Waals surface area contributed by atoms with E-state index in [4.69, 9.17) is 4.65 Å². The first-order chi connectivity index (χ1) is 7.75. The second-order valence-electron chi connectivity index (χ2n) is 5.47. The van der Waals surface area contributed by atoms with E-state index < -0.39 is 17.2 Å². The second kappa shape index (κ2) is 3.80. The highest BCUT2D eigenvalue weighted by Crippen LogP contribution is 2.34. The van der Waals surface area contributed by atoms with E-state index in [0.29, 0.717) is 11.0 Å². The lowest BCUT2D eigenvalue weighted by Gasteiger charge is -2.21. The fourth-order valence-electron chi connectivity index (χ4n) is 2.64. The van der Waals surface area contributed by atoms with Crippen LogP contribution in [0.15, 0.2) is 6.07 Å². The maximum atomic E-state index is 14.4. The van der Waals surface area contributed by atoms with Crippen LogP contribution in [0.4, 0.5) is 8.78 Å². The smallest absolute Gasteiger partial charge is 0.327 e. The van der Waals surface area contributed by atoms with Crippen LogP contribution in [-0.2, 0) is 10.3 Å². The molecule has 1 nitrogen and oxygen atoms in total. The number of benzene rings is 1. The highest BCUT2D eigenvalue weighted by Gasteiger charge is 2.41. The average molecular weight is 238 g/mol. The van der Waals surface area contributed by atoms with Gasteiger partial charge < -0.3 is 4.65 Å². The lowest BCUT2D eigenvalue weighted by atomic mass is 9.63. The van der Waals surface area contributed by atoms with E-state index in [0.717, 1.165) is 0 Å². The van der Waals surface area contributed by atoms with Crippen LogP contribution in [0.5, 0.6) is 0 Å². The van der Waals surface area contributed by atoms with Crippen molar-refractivity contribution in [2.75, 3.05) is 0 Å². The first-order valence-electron chi connectivity index (χ1n) is 5.95. The molecule has 0 N–H and O–H groups in total. The van der Waals surface area contributed by atoms with Crippen LogP contribution in [0, 0.1) is 11.6 Å². The molecule has 4 heteroatoms. The van der Waals surface area contributed by atoms with E-state index in [-0.39, 0.29) is 18.4 Å². The molecule has 0 aromatic heterocycles. The van der Waals surface area contributed by atoms with Crippen molar-refractivity contribution >= 4 is 12.4 Å². The molecule has 2 rings (SSSR count). The molecular weight excluding hydrogens is 221 g/mol. The molecule has 0 spiro atoms. The summed E-state index contributed by atoms with van der Waals surface area (Å²) in [4.78, 5) is 0. The van der Waals surface area contributed by atoms with Gasteiger partial charge in [0.05, 0.1) is 5.60 Å². The predicted octanol–water partition coefficient (Wildman–Crippen LogP) is 3.18. The monoisotopic (exact) mass is 238 g/mol. The van der Waals surface area contributed by atoms with Crippen LogP contribution < -0.4 is 5.46 Å². The van der Waals surface area contributed by atoms with E-state index in [1.54, 1.807) is 20.7 Å². The van der Waals surface area contributed by atoms with Crippen LogP contribution in [-0.4, -0.2) is 6.92 Å². The molecule has 1 aliphatic rings. The molecule has 0 aliphatic carbocycles. The molecule has 0 unspecified atom stereocenters. The Balaban J connectivity index is 2.73. The van der Waals surface area contributed by atoms with Crippen molar-refractivity contribution in [2.24, 2.45) is 0 Å². The van der Waals surface area contributed by atoms with Crippen molar-refractivity contribution in [1.82, 2.24) is 0 Å². The Bertz CT molecular complexity index is 469. The summed E-state index contributed by atoms with van der Waals surface area (Å²) in [7, 11) is 0. The van der Waals surface area contributed by atoms with Gasteiger partial charge in [0.1, 0.15) is 11.6 Å². The summed E-state index contributed by atoms with van der Waals surface area (Å²) < 4.78 is 34.0. The molecule has 1 aromatic carbocycles. The van der Waals surface area contributed by atoms with Crippen LogP contribution in [0.2, 0.25) is 6.82 Å². The summed E-state index contributed by atoms with van der Waals surface area (Å²) >= 11 is 0. The Morgan fingerprint density at radius 3 is 2.41 bits per heavy atom. The number of hydrogen-bond donors (Lipinski definition) is 0. The zero-order chi connectivity index (χ0) is 13.0. The maximum Gasteiger partial charge on any atom is 0.327 e. The van der Waals surface area contributed by atoms with Gasteiger partial charge >= 0.3 is 6.92 Å². The maximum absolute atomic E-state index is 14.4. The Morgan fingerprint density at radius 2 is 1.88 bits per heavy atom. The molecule has 0 amide bonds. The van der Waals surface area contributed by atoms with Gasteiger partial charge in [-0.2, -0.15) is 0 Å². The number of hydrogen-bond acceptors (Lipinski definition) is 1. The zero-order valence-corrected chi connectivity index (χ0v) is 10.9. The van der Waals surface area contributed by atoms with Crippen molar-refractivity contribution in [2.45, 2.75) is 46.0 Å². The zero-order valence-electron chi connectivity index (χ0n) is 10.9. The van der Waals surface area contributed by atoms with Crippen LogP contribution in [0.1, 0.15) is 44.7 Å². The van der Waals surface area contributed by atoms with E-state index in [2.05, 4.69) is 0 Å². The normalized spacial score (nSPS) is 17.8. The summed E-state index contributed by atoms with van der Waals surface area (Å²) in [6, 6.07) is 1.43. The first kappa shape index (κ1) is 12.6. The van der Waals surface area contributed by atoms with Gasteiger partial charge in [-0.05, 0) is 36.9 Å². The summed E-state index contributed by atoms with van der Waals surface area (Å²) in [5, 5.41) is 0. The minimum Gasteiger partial charge on any atom is -0.422 e. The second-order valence-corrected chi connectivity index (χ2v) is 5.47. The lowest BCUT2D eigenvalue weighted by molar-refractivity contribution is 0.124. The molecule has 0 saturated heterocycles. The third kappa shape index (κ3) is 1.79. The third-order valence-corrected chi connectivity index (χ3v) is 3.40. The third-order valence-electron chi connectivity index (χ3n) is 3.40. The highest BCUT2D eigenvalue weighted by atomic mass is 19.1. The molecular formula is C13H17BF2O. The molecule has 0 atom stereocenters. The summed E-state index contributed by atoms with van der Waals surface area (Å²) in [6.07, 6.45) is 0. The number of fused-ring (bicyclic) bond motifs is 1. The molecule has 1 aromatic rings. The molecule has 0 saturated carbocycles. The topological polar surface area (TPSA) is 9.23 Å². The van der Waals surface area contributed by atoms with Crippen molar-refractivity contribution in [3.8, 4) is 0 Å². The van der Waals surface area contributed by atoms with Gasteiger partial charge in [-0.3, -0.25) is 0 Å². The summed E-state index contributed by atoms with van der Waals surface area (Å²) in [5.74, 6) is -1.08. The van der Waals surface area contributed by atoms with Crippen molar-refractivity contribution in [3.63, 3.8) is 0 Å². The molecule has 0 bridgehead atoms. The van der Waals surface area contributed by atoms with E-state index in [9.17, 15) is 8.78 Å². The van der Waals surface area contributed by atoms with Crippen molar-refractivity contribution < 1.29 is 13.4 Å². The highest BCUT2D eigenvalue weighted by molar-refractivity contribution is 6.68. The molecule has 92 valence electrons. The molecule has 0 fully saturated rings. The Morgan fingerprint density at radius 1 is 1.29 bits per heavy atom. The van der Waals surface area contributed by atoms with Crippen LogP contribution in [0.3, 0.4) is 0 Å². The molecule has 1 aliphatic heterocycles. The van der Waals surface area contributed by atoms with Crippen molar-refractivity contribution in [1.29, 1.82) is 0 Å². The lowest BCUT2D eigenvalue weighted by Crippen LogP contribution is -2.29. The van der Waals surface area contributed by atoms with Gasteiger partial charge in [0, 0.05) is 5.56 Å². The molecule has 17 heavy (non-hydrogen) atoms. The average Bonchev–Trinajstić information content (AvgIpc) is 2.35. The van der Waals surface area contributed by atoms with Gasteiger partial charge in [0.2, 0.25) is 0 Å². The Kier molecular flexibility index (Phi) is 2.81. The SMILES string of the molecule is CB1OC(C)(C)c2cc(F)c(C(C)C)c(F)c21. The predicted molar refractivity (Wildman–Crippen MR) is 65.8 cm³/mol. The van der Waals surface area contributed by atoms with Crippen LogP contribution >= 0.6 is 0 Å². The minimum atomic E-state index is -0.619. The van der Waals surface area contributed by atoms with Crippen molar-refractivity contribution in [3.05, 3.63) is 28.8 Å². The van der Waals surface area contributed by atoms with Gasteiger partial charge in [-0.25, -0.2) is 8.78 Å².